The summed E-state index contributed by atoms with van der Waals surface area (Å²) < 4.78 is 16.6. The summed E-state index contributed by atoms with van der Waals surface area (Å²) in [6.07, 6.45) is 0. The Kier molecular flexibility index (Phi) is 10.5. The van der Waals surface area contributed by atoms with Gasteiger partial charge in [0, 0.05) is 13.6 Å². The summed E-state index contributed by atoms with van der Waals surface area (Å²) >= 11 is 0. The highest BCUT2D eigenvalue weighted by Crippen LogP contribution is 2.38. The fraction of sp³-hybridized carbons (Fsp3) is 0.381. The first-order valence-electron chi connectivity index (χ1n) is 9.02. The first-order chi connectivity index (χ1) is 13.1. The standard InChI is InChI=1S/C21H29N3O3.HI/c1-6-27-20-18(25-4)12-16(13-19(20)26-5)14-23-21(22-3)24-15(2)17-10-8-7-9-11-17;/h7-13,15H,6,14H2,1-5H3,(H2,22,23,24);1H. The molecular weight excluding hydrogens is 469 g/mol. The molecule has 0 aromatic heterocycles. The van der Waals surface area contributed by atoms with Crippen LogP contribution in [-0.4, -0.2) is 33.8 Å². The van der Waals surface area contributed by atoms with Gasteiger partial charge in [-0.05, 0) is 37.1 Å². The highest BCUT2D eigenvalue weighted by molar-refractivity contribution is 14.0. The normalized spacial score (nSPS) is 11.8. The van der Waals surface area contributed by atoms with Crippen molar-refractivity contribution < 1.29 is 14.2 Å². The molecule has 0 aliphatic carbocycles. The number of hydrogen-bond acceptors (Lipinski definition) is 4. The monoisotopic (exact) mass is 499 g/mol. The number of nitrogens with zero attached hydrogens (tertiary/aromatic N) is 1. The van der Waals surface area contributed by atoms with E-state index in [0.29, 0.717) is 30.4 Å². The molecule has 0 fully saturated rings. The molecule has 0 aliphatic rings. The van der Waals surface area contributed by atoms with E-state index in [2.05, 4.69) is 34.7 Å². The van der Waals surface area contributed by atoms with E-state index < -0.39 is 0 Å². The number of methoxy groups -OCH3 is 2. The smallest absolute Gasteiger partial charge is 0.203 e. The SMILES string of the molecule is CCOc1c(OC)cc(CNC(=NC)NC(C)c2ccccc2)cc1OC.I. The lowest BCUT2D eigenvalue weighted by Crippen LogP contribution is -2.38. The molecule has 2 rings (SSSR count). The van der Waals surface area contributed by atoms with Crippen LogP contribution in [0.15, 0.2) is 47.5 Å². The first-order valence-corrected chi connectivity index (χ1v) is 9.02. The summed E-state index contributed by atoms with van der Waals surface area (Å²) in [7, 11) is 5.00. The van der Waals surface area contributed by atoms with Gasteiger partial charge in [0.15, 0.2) is 17.5 Å². The molecule has 28 heavy (non-hydrogen) atoms. The van der Waals surface area contributed by atoms with Crippen LogP contribution in [0.3, 0.4) is 0 Å². The van der Waals surface area contributed by atoms with Gasteiger partial charge in [-0.2, -0.15) is 0 Å². The molecule has 0 amide bonds. The van der Waals surface area contributed by atoms with Gasteiger partial charge in [0.1, 0.15) is 0 Å². The van der Waals surface area contributed by atoms with E-state index in [0.717, 1.165) is 11.5 Å². The van der Waals surface area contributed by atoms with Gasteiger partial charge in [0.2, 0.25) is 5.75 Å². The van der Waals surface area contributed by atoms with Crippen LogP contribution in [0.1, 0.15) is 31.0 Å². The van der Waals surface area contributed by atoms with E-state index in [1.165, 1.54) is 5.56 Å². The predicted octanol–water partition coefficient (Wildman–Crippen LogP) is 4.15. The zero-order valence-corrected chi connectivity index (χ0v) is 19.4. The average molecular weight is 499 g/mol. The summed E-state index contributed by atoms with van der Waals surface area (Å²) in [5.74, 6) is 2.63. The van der Waals surface area contributed by atoms with Crippen LogP contribution in [-0.2, 0) is 6.54 Å². The maximum atomic E-state index is 5.65. The van der Waals surface area contributed by atoms with E-state index in [1.807, 2.05) is 37.3 Å². The number of halogens is 1. The van der Waals surface area contributed by atoms with Gasteiger partial charge in [0.25, 0.3) is 0 Å². The van der Waals surface area contributed by atoms with E-state index in [4.69, 9.17) is 14.2 Å². The molecule has 6 nitrogen and oxygen atoms in total. The summed E-state index contributed by atoms with van der Waals surface area (Å²) in [6, 6.07) is 14.3. The van der Waals surface area contributed by atoms with Gasteiger partial charge in [0.05, 0.1) is 26.9 Å². The number of benzene rings is 2. The quantitative estimate of drug-likeness (QED) is 0.325. The van der Waals surface area contributed by atoms with Crippen LogP contribution < -0.4 is 24.8 Å². The second-order valence-electron chi connectivity index (χ2n) is 5.96. The van der Waals surface area contributed by atoms with Crippen LogP contribution in [0.2, 0.25) is 0 Å². The number of guanidine groups is 1. The Morgan fingerprint density at radius 3 is 2.18 bits per heavy atom. The second-order valence-corrected chi connectivity index (χ2v) is 5.96. The number of nitrogens with one attached hydrogen (secondary N) is 2. The van der Waals surface area contributed by atoms with Crippen molar-refractivity contribution in [2.24, 2.45) is 4.99 Å². The molecule has 154 valence electrons. The molecule has 1 atom stereocenters. The Hall–Kier alpha value is -2.16. The average Bonchev–Trinajstić information content (AvgIpc) is 2.72. The molecule has 0 radical (unpaired) electrons. The maximum Gasteiger partial charge on any atom is 0.203 e. The topological polar surface area (TPSA) is 64.1 Å². The fourth-order valence-electron chi connectivity index (χ4n) is 2.73. The molecule has 0 spiro atoms. The van der Waals surface area contributed by atoms with Crippen molar-refractivity contribution in [2.45, 2.75) is 26.4 Å². The minimum Gasteiger partial charge on any atom is -0.493 e. The summed E-state index contributed by atoms with van der Waals surface area (Å²) in [6.45, 7) is 5.14. The van der Waals surface area contributed by atoms with Gasteiger partial charge in [-0.15, -0.1) is 24.0 Å². The Labute approximate surface area is 184 Å². The van der Waals surface area contributed by atoms with Crippen molar-refractivity contribution in [1.29, 1.82) is 0 Å². The lowest BCUT2D eigenvalue weighted by Gasteiger charge is -2.19. The number of rotatable bonds is 8. The Morgan fingerprint density at radius 2 is 1.68 bits per heavy atom. The van der Waals surface area contributed by atoms with Crippen molar-refractivity contribution in [3.8, 4) is 17.2 Å². The molecule has 0 saturated carbocycles. The van der Waals surface area contributed by atoms with Crippen molar-refractivity contribution >= 4 is 29.9 Å². The van der Waals surface area contributed by atoms with Crippen molar-refractivity contribution in [3.63, 3.8) is 0 Å². The van der Waals surface area contributed by atoms with Crippen LogP contribution in [0.5, 0.6) is 17.2 Å². The molecule has 0 heterocycles. The zero-order valence-electron chi connectivity index (χ0n) is 17.1. The number of ether oxygens (including phenoxy) is 3. The van der Waals surface area contributed by atoms with Gasteiger partial charge >= 0.3 is 0 Å². The lowest BCUT2D eigenvalue weighted by atomic mass is 10.1. The van der Waals surface area contributed by atoms with Gasteiger partial charge in [-0.1, -0.05) is 30.3 Å². The summed E-state index contributed by atoms with van der Waals surface area (Å²) in [4.78, 5) is 4.31. The molecule has 7 heteroatoms. The first kappa shape index (κ1) is 23.9. The summed E-state index contributed by atoms with van der Waals surface area (Å²) in [5, 5.41) is 6.72. The number of aliphatic imine (C=N–C) groups is 1. The third-order valence-electron chi connectivity index (χ3n) is 4.15. The number of hydrogen-bond donors (Lipinski definition) is 2. The largest absolute Gasteiger partial charge is 0.493 e. The maximum absolute atomic E-state index is 5.65. The molecule has 1 unspecified atom stereocenters. The van der Waals surface area contributed by atoms with Crippen molar-refractivity contribution in [3.05, 3.63) is 53.6 Å². The molecule has 0 aliphatic heterocycles. The van der Waals surface area contributed by atoms with E-state index in [9.17, 15) is 0 Å². The van der Waals surface area contributed by atoms with Crippen LogP contribution in [0.25, 0.3) is 0 Å². The predicted molar refractivity (Wildman–Crippen MR) is 124 cm³/mol. The Balaban J connectivity index is 0.00000392. The van der Waals surface area contributed by atoms with Crippen molar-refractivity contribution in [2.75, 3.05) is 27.9 Å². The zero-order chi connectivity index (χ0) is 19.6. The third kappa shape index (κ3) is 6.47. The van der Waals surface area contributed by atoms with Crippen LogP contribution >= 0.6 is 24.0 Å². The highest BCUT2D eigenvalue weighted by atomic mass is 127. The summed E-state index contributed by atoms with van der Waals surface area (Å²) in [5.41, 5.74) is 2.20. The van der Waals surface area contributed by atoms with E-state index in [-0.39, 0.29) is 30.0 Å². The molecule has 0 saturated heterocycles. The minimum absolute atomic E-state index is 0. The van der Waals surface area contributed by atoms with Gasteiger partial charge in [-0.25, -0.2) is 0 Å². The van der Waals surface area contributed by atoms with Gasteiger partial charge < -0.3 is 24.8 Å². The lowest BCUT2D eigenvalue weighted by molar-refractivity contribution is 0.288. The van der Waals surface area contributed by atoms with E-state index in [1.54, 1.807) is 21.3 Å². The molecule has 2 aromatic rings. The Bertz CT molecular complexity index is 729. The molecule has 2 aromatic carbocycles. The minimum atomic E-state index is 0. The van der Waals surface area contributed by atoms with E-state index >= 15 is 0 Å². The van der Waals surface area contributed by atoms with Crippen LogP contribution in [0, 0.1) is 0 Å². The molecule has 0 bridgehead atoms. The highest BCUT2D eigenvalue weighted by Gasteiger charge is 2.14. The van der Waals surface area contributed by atoms with Crippen LogP contribution in [0.4, 0.5) is 0 Å². The van der Waals surface area contributed by atoms with Crippen molar-refractivity contribution in [1.82, 2.24) is 10.6 Å². The van der Waals surface area contributed by atoms with Gasteiger partial charge in [-0.3, -0.25) is 4.99 Å². The molecular formula is C21H30IN3O3. The Morgan fingerprint density at radius 1 is 1.07 bits per heavy atom. The second kappa shape index (κ2) is 12.3. The fourth-order valence-corrected chi connectivity index (χ4v) is 2.73. The third-order valence-corrected chi connectivity index (χ3v) is 4.15. The molecule has 2 N–H and O–H groups in total.